The summed E-state index contributed by atoms with van der Waals surface area (Å²) in [6.45, 7) is 0. The molecule has 1 rings (SSSR count). The van der Waals surface area contributed by atoms with Gasteiger partial charge in [-0.2, -0.15) is 0 Å². The zero-order valence-corrected chi connectivity index (χ0v) is 9.39. The monoisotopic (exact) mass is 221 g/mol. The van der Waals surface area contributed by atoms with Crippen LogP contribution in [0.3, 0.4) is 0 Å². The van der Waals surface area contributed by atoms with E-state index in [0.717, 1.165) is 6.04 Å². The van der Waals surface area contributed by atoms with E-state index in [-0.39, 0.29) is 17.0 Å². The van der Waals surface area contributed by atoms with Gasteiger partial charge in [0.15, 0.2) is 0 Å². The molecule has 1 aliphatic rings. The van der Waals surface area contributed by atoms with E-state index in [1.54, 1.807) is 0 Å². The van der Waals surface area contributed by atoms with Crippen molar-refractivity contribution >= 4 is 17.0 Å². The lowest BCUT2D eigenvalue weighted by Crippen LogP contribution is -2.26. The van der Waals surface area contributed by atoms with E-state index in [2.05, 4.69) is 19.0 Å². The first-order chi connectivity index (χ1) is 4.80. The maximum absolute atomic E-state index is 2.38. The number of halogens is 1. The molecule has 1 fully saturated rings. The van der Waals surface area contributed by atoms with Gasteiger partial charge in [0, 0.05) is 6.04 Å². The van der Waals surface area contributed by atoms with Gasteiger partial charge < -0.3 is 4.90 Å². The normalized spacial score (nSPS) is 21.0. The SMILES string of the molecule is Br.CN(C)C1CCCCCC1. The molecule has 0 bridgehead atoms. The molecule has 0 N–H and O–H groups in total. The molecule has 0 aromatic carbocycles. The van der Waals surface area contributed by atoms with Crippen LogP contribution in [-0.2, 0) is 0 Å². The summed E-state index contributed by atoms with van der Waals surface area (Å²) in [5.74, 6) is 0. The highest BCUT2D eigenvalue weighted by Gasteiger charge is 2.12. The number of rotatable bonds is 1. The van der Waals surface area contributed by atoms with Gasteiger partial charge in [-0.3, -0.25) is 0 Å². The average molecular weight is 222 g/mol. The molecule has 0 spiro atoms. The van der Waals surface area contributed by atoms with Crippen LogP contribution in [0.25, 0.3) is 0 Å². The van der Waals surface area contributed by atoms with Crippen LogP contribution in [0.4, 0.5) is 0 Å². The Bertz CT molecular complexity index is 85.6. The van der Waals surface area contributed by atoms with Crippen molar-refractivity contribution in [2.24, 2.45) is 0 Å². The Morgan fingerprint density at radius 2 is 1.36 bits per heavy atom. The van der Waals surface area contributed by atoms with Crippen LogP contribution >= 0.6 is 17.0 Å². The summed E-state index contributed by atoms with van der Waals surface area (Å²) in [5, 5.41) is 0. The first-order valence-corrected chi connectivity index (χ1v) is 4.47. The first-order valence-electron chi connectivity index (χ1n) is 4.47. The molecule has 11 heavy (non-hydrogen) atoms. The van der Waals surface area contributed by atoms with Crippen molar-refractivity contribution in [3.63, 3.8) is 0 Å². The molecule has 0 unspecified atom stereocenters. The second kappa shape index (κ2) is 6.01. The van der Waals surface area contributed by atoms with E-state index in [9.17, 15) is 0 Å². The van der Waals surface area contributed by atoms with E-state index in [1.807, 2.05) is 0 Å². The number of hydrogen-bond donors (Lipinski definition) is 0. The molecule has 0 aromatic heterocycles. The fourth-order valence-electron chi connectivity index (χ4n) is 1.77. The fraction of sp³-hybridized carbons (Fsp3) is 1.00. The molecule has 0 heterocycles. The number of nitrogens with zero attached hydrogens (tertiary/aromatic N) is 1. The largest absolute Gasteiger partial charge is 0.306 e. The van der Waals surface area contributed by atoms with Crippen molar-refractivity contribution in [2.45, 2.75) is 44.6 Å². The molecule has 0 radical (unpaired) electrons. The van der Waals surface area contributed by atoms with Crippen molar-refractivity contribution < 1.29 is 0 Å². The highest BCUT2D eigenvalue weighted by molar-refractivity contribution is 8.93. The molecule has 0 amide bonds. The van der Waals surface area contributed by atoms with Gasteiger partial charge in [0.2, 0.25) is 0 Å². The number of hydrogen-bond acceptors (Lipinski definition) is 1. The Hall–Kier alpha value is 0.440. The van der Waals surface area contributed by atoms with Crippen LogP contribution in [0.5, 0.6) is 0 Å². The molecule has 68 valence electrons. The van der Waals surface area contributed by atoms with Crippen LogP contribution in [0.1, 0.15) is 38.5 Å². The zero-order valence-electron chi connectivity index (χ0n) is 7.68. The van der Waals surface area contributed by atoms with Crippen molar-refractivity contribution in [3.05, 3.63) is 0 Å². The van der Waals surface area contributed by atoms with E-state index in [0.29, 0.717) is 0 Å². The van der Waals surface area contributed by atoms with Crippen molar-refractivity contribution in [2.75, 3.05) is 14.1 Å². The van der Waals surface area contributed by atoms with Gasteiger partial charge >= 0.3 is 0 Å². The molecule has 1 aliphatic carbocycles. The Labute approximate surface area is 80.9 Å². The summed E-state index contributed by atoms with van der Waals surface area (Å²) in [4.78, 5) is 2.38. The van der Waals surface area contributed by atoms with Gasteiger partial charge in [-0.25, -0.2) is 0 Å². The molecule has 0 aliphatic heterocycles. The summed E-state index contributed by atoms with van der Waals surface area (Å²) in [7, 11) is 4.41. The Balaban J connectivity index is 0.000001000. The van der Waals surface area contributed by atoms with Crippen LogP contribution < -0.4 is 0 Å². The van der Waals surface area contributed by atoms with Crippen LogP contribution in [0, 0.1) is 0 Å². The maximum atomic E-state index is 2.38. The van der Waals surface area contributed by atoms with E-state index in [1.165, 1.54) is 38.5 Å². The highest BCUT2D eigenvalue weighted by atomic mass is 79.9. The third-order valence-electron chi connectivity index (χ3n) is 2.55. The summed E-state index contributed by atoms with van der Waals surface area (Å²) >= 11 is 0. The third-order valence-corrected chi connectivity index (χ3v) is 2.55. The van der Waals surface area contributed by atoms with Crippen molar-refractivity contribution in [1.29, 1.82) is 0 Å². The summed E-state index contributed by atoms with van der Waals surface area (Å²) < 4.78 is 0. The lowest BCUT2D eigenvalue weighted by atomic mass is 10.1. The molecule has 1 nitrogen and oxygen atoms in total. The van der Waals surface area contributed by atoms with E-state index >= 15 is 0 Å². The minimum Gasteiger partial charge on any atom is -0.306 e. The third kappa shape index (κ3) is 4.12. The van der Waals surface area contributed by atoms with Crippen LogP contribution in [0.2, 0.25) is 0 Å². The van der Waals surface area contributed by atoms with Gasteiger partial charge in [0.05, 0.1) is 0 Å². The Morgan fingerprint density at radius 1 is 0.909 bits per heavy atom. The first kappa shape index (κ1) is 11.4. The molecule has 0 aromatic rings. The van der Waals surface area contributed by atoms with E-state index in [4.69, 9.17) is 0 Å². The Morgan fingerprint density at radius 3 is 1.73 bits per heavy atom. The molecular formula is C9H20BrN. The maximum Gasteiger partial charge on any atom is 0.00891 e. The summed E-state index contributed by atoms with van der Waals surface area (Å²) in [6, 6.07) is 0.877. The summed E-state index contributed by atoms with van der Waals surface area (Å²) in [6.07, 6.45) is 8.67. The van der Waals surface area contributed by atoms with Gasteiger partial charge in [-0.05, 0) is 26.9 Å². The standard InChI is InChI=1S/C9H19N.BrH/c1-10(2)9-7-5-3-4-6-8-9;/h9H,3-8H2,1-2H3;1H. The van der Waals surface area contributed by atoms with Gasteiger partial charge in [0.1, 0.15) is 0 Å². The molecule has 2 heteroatoms. The predicted octanol–water partition coefficient (Wildman–Crippen LogP) is 2.85. The quantitative estimate of drug-likeness (QED) is 0.616. The average Bonchev–Trinajstić information content (AvgIpc) is 2.12. The minimum atomic E-state index is 0. The fourth-order valence-corrected chi connectivity index (χ4v) is 1.77. The predicted molar refractivity (Wildman–Crippen MR) is 55.5 cm³/mol. The van der Waals surface area contributed by atoms with Crippen LogP contribution in [0.15, 0.2) is 0 Å². The van der Waals surface area contributed by atoms with Crippen LogP contribution in [-0.4, -0.2) is 25.0 Å². The van der Waals surface area contributed by atoms with E-state index < -0.39 is 0 Å². The van der Waals surface area contributed by atoms with Crippen molar-refractivity contribution in [1.82, 2.24) is 4.90 Å². The lowest BCUT2D eigenvalue weighted by Gasteiger charge is -2.21. The molecular weight excluding hydrogens is 202 g/mol. The minimum absolute atomic E-state index is 0. The summed E-state index contributed by atoms with van der Waals surface area (Å²) in [5.41, 5.74) is 0. The topological polar surface area (TPSA) is 3.24 Å². The lowest BCUT2D eigenvalue weighted by molar-refractivity contribution is 0.267. The van der Waals surface area contributed by atoms with Gasteiger partial charge in [-0.15, -0.1) is 17.0 Å². The molecule has 0 saturated heterocycles. The second-order valence-electron chi connectivity index (χ2n) is 3.61. The van der Waals surface area contributed by atoms with Crippen molar-refractivity contribution in [3.8, 4) is 0 Å². The van der Waals surface area contributed by atoms with Gasteiger partial charge in [-0.1, -0.05) is 25.7 Å². The Kier molecular flexibility index (Phi) is 6.25. The molecule has 0 atom stereocenters. The highest BCUT2D eigenvalue weighted by Crippen LogP contribution is 2.19. The zero-order chi connectivity index (χ0) is 7.40. The smallest absolute Gasteiger partial charge is 0.00891 e. The second-order valence-corrected chi connectivity index (χ2v) is 3.61. The molecule has 1 saturated carbocycles. The van der Waals surface area contributed by atoms with Gasteiger partial charge in [0.25, 0.3) is 0 Å².